The molecule has 1 aliphatic carbocycles. The Hall–Kier alpha value is -3.12. The third-order valence-electron chi connectivity index (χ3n) is 5.56. The summed E-state index contributed by atoms with van der Waals surface area (Å²) in [7, 11) is 1.37. The van der Waals surface area contributed by atoms with Gasteiger partial charge in [0.05, 0.1) is 19.3 Å². The van der Waals surface area contributed by atoms with E-state index in [1.807, 2.05) is 19.1 Å². The van der Waals surface area contributed by atoms with Crippen LogP contribution in [-0.2, 0) is 17.6 Å². The first-order chi connectivity index (χ1) is 15.1. The van der Waals surface area contributed by atoms with Gasteiger partial charge in [0, 0.05) is 10.4 Å². The van der Waals surface area contributed by atoms with Crippen molar-refractivity contribution in [2.75, 3.05) is 19.0 Å². The molecule has 1 unspecified atom stereocenters. The summed E-state index contributed by atoms with van der Waals surface area (Å²) in [6, 6.07) is 17.5. The highest BCUT2D eigenvalue weighted by atomic mass is 32.1. The molecule has 1 atom stereocenters. The van der Waals surface area contributed by atoms with Gasteiger partial charge >= 0.3 is 5.97 Å². The number of hydrogen-bond acceptors (Lipinski definition) is 5. The van der Waals surface area contributed by atoms with Crippen LogP contribution < -0.4 is 10.1 Å². The molecule has 1 N–H and O–H groups in total. The first-order valence-corrected chi connectivity index (χ1v) is 11.2. The van der Waals surface area contributed by atoms with Gasteiger partial charge in [-0.05, 0) is 61.4 Å². The molecule has 31 heavy (non-hydrogen) atoms. The minimum absolute atomic E-state index is 0.273. The number of benzene rings is 2. The summed E-state index contributed by atoms with van der Waals surface area (Å²) in [5.41, 5.74) is 3.28. The summed E-state index contributed by atoms with van der Waals surface area (Å²) in [6.45, 7) is 2.42. The summed E-state index contributed by atoms with van der Waals surface area (Å²) in [4.78, 5) is 26.6. The summed E-state index contributed by atoms with van der Waals surface area (Å²) in [5.74, 6) is 0.364. The molecule has 1 aliphatic rings. The summed E-state index contributed by atoms with van der Waals surface area (Å²) in [6.07, 6.45) is 2.59. The largest absolute Gasteiger partial charge is 0.494 e. The van der Waals surface area contributed by atoms with E-state index < -0.39 is 5.97 Å². The van der Waals surface area contributed by atoms with Gasteiger partial charge < -0.3 is 14.8 Å². The molecule has 1 heterocycles. The van der Waals surface area contributed by atoms with E-state index in [1.54, 1.807) is 18.2 Å². The first-order valence-electron chi connectivity index (χ1n) is 10.4. The van der Waals surface area contributed by atoms with E-state index >= 15 is 0 Å². The fourth-order valence-corrected chi connectivity index (χ4v) is 5.38. The number of rotatable bonds is 6. The van der Waals surface area contributed by atoms with Crippen molar-refractivity contribution in [1.82, 2.24) is 0 Å². The van der Waals surface area contributed by atoms with Gasteiger partial charge in [-0.25, -0.2) is 4.79 Å². The van der Waals surface area contributed by atoms with Gasteiger partial charge in [-0.2, -0.15) is 0 Å². The highest BCUT2D eigenvalue weighted by Gasteiger charge is 2.30. The fourth-order valence-electron chi connectivity index (χ4n) is 4.07. The third kappa shape index (κ3) is 4.49. The highest BCUT2D eigenvalue weighted by Crippen LogP contribution is 2.42. The van der Waals surface area contributed by atoms with Crippen molar-refractivity contribution >= 4 is 28.2 Å². The van der Waals surface area contributed by atoms with Gasteiger partial charge in [-0.3, -0.25) is 4.79 Å². The normalized spacial score (nSPS) is 15.1. The number of esters is 1. The van der Waals surface area contributed by atoms with Crippen LogP contribution in [0.1, 0.15) is 56.0 Å². The predicted octanol–water partition coefficient (Wildman–Crippen LogP) is 5.46. The zero-order valence-corrected chi connectivity index (χ0v) is 18.5. The Morgan fingerprint density at radius 3 is 2.68 bits per heavy atom. The Kier molecular flexibility index (Phi) is 6.37. The second-order valence-electron chi connectivity index (χ2n) is 7.46. The number of hydrogen-bond donors (Lipinski definition) is 1. The van der Waals surface area contributed by atoms with E-state index in [2.05, 4.69) is 29.6 Å². The van der Waals surface area contributed by atoms with Crippen LogP contribution in [0.15, 0.2) is 54.6 Å². The number of fused-ring (bicyclic) bond motifs is 1. The molecule has 5 nitrogen and oxygen atoms in total. The first kappa shape index (κ1) is 21.1. The van der Waals surface area contributed by atoms with E-state index in [0.717, 1.165) is 29.7 Å². The zero-order valence-electron chi connectivity index (χ0n) is 17.6. The lowest BCUT2D eigenvalue weighted by Crippen LogP contribution is -2.16. The van der Waals surface area contributed by atoms with Gasteiger partial charge in [0.15, 0.2) is 0 Å². The van der Waals surface area contributed by atoms with E-state index in [-0.39, 0.29) is 5.91 Å². The zero-order chi connectivity index (χ0) is 21.8. The van der Waals surface area contributed by atoms with Gasteiger partial charge in [0.2, 0.25) is 0 Å². The number of ether oxygens (including phenoxy) is 2. The van der Waals surface area contributed by atoms with Crippen LogP contribution in [0.2, 0.25) is 0 Å². The van der Waals surface area contributed by atoms with Crippen LogP contribution in [0.4, 0.5) is 5.00 Å². The minimum Gasteiger partial charge on any atom is -0.494 e. The Morgan fingerprint density at radius 2 is 1.94 bits per heavy atom. The average molecular weight is 436 g/mol. The maximum absolute atomic E-state index is 12.9. The number of thiophene rings is 1. The Balaban J connectivity index is 1.62. The number of carbonyl (C=O) groups excluding carboxylic acids is 2. The lowest BCUT2D eigenvalue weighted by molar-refractivity contribution is 0.0601. The lowest BCUT2D eigenvalue weighted by Gasteiger charge is -2.22. The summed E-state index contributed by atoms with van der Waals surface area (Å²) >= 11 is 1.48. The Morgan fingerprint density at radius 1 is 1.13 bits per heavy atom. The Labute approximate surface area is 186 Å². The highest BCUT2D eigenvalue weighted by molar-refractivity contribution is 7.17. The molecule has 3 aromatic rings. The topological polar surface area (TPSA) is 64.6 Å². The minimum atomic E-state index is -0.408. The maximum atomic E-state index is 12.9. The second kappa shape index (κ2) is 9.35. The van der Waals surface area contributed by atoms with Gasteiger partial charge in [-0.15, -0.1) is 11.3 Å². The molecule has 0 saturated carbocycles. The van der Waals surface area contributed by atoms with Crippen LogP contribution in [0.5, 0.6) is 5.75 Å². The predicted molar refractivity (Wildman–Crippen MR) is 122 cm³/mol. The molecule has 2 aromatic carbocycles. The average Bonchev–Trinajstić information content (AvgIpc) is 3.16. The monoisotopic (exact) mass is 435 g/mol. The van der Waals surface area contributed by atoms with E-state index in [1.165, 1.54) is 24.0 Å². The van der Waals surface area contributed by atoms with Crippen LogP contribution >= 0.6 is 11.3 Å². The van der Waals surface area contributed by atoms with Crippen molar-refractivity contribution in [1.29, 1.82) is 0 Å². The molecule has 4 rings (SSSR count). The van der Waals surface area contributed by atoms with Crippen molar-refractivity contribution in [2.24, 2.45) is 0 Å². The van der Waals surface area contributed by atoms with Crippen LogP contribution in [0, 0.1) is 0 Å². The molecule has 1 aromatic heterocycles. The Bertz CT molecular complexity index is 1090. The van der Waals surface area contributed by atoms with Gasteiger partial charge in [0.1, 0.15) is 10.8 Å². The standard InChI is InChI=1S/C25H25NO4S/c1-3-30-19-11-7-10-18(14-19)23(27)26-24-22(25(28)29-2)20-13-12-17(15-21(20)31-24)16-8-5-4-6-9-16/h4-11,14,17H,3,12-13,15H2,1-2H3,(H,26,27). The maximum Gasteiger partial charge on any atom is 0.341 e. The van der Waals surface area contributed by atoms with Crippen molar-refractivity contribution in [2.45, 2.75) is 32.1 Å². The quantitative estimate of drug-likeness (QED) is 0.522. The molecule has 0 radical (unpaired) electrons. The fraction of sp³-hybridized carbons (Fsp3) is 0.280. The molecule has 1 amide bonds. The van der Waals surface area contributed by atoms with Crippen LogP contribution in [0.3, 0.4) is 0 Å². The molecule has 6 heteroatoms. The number of methoxy groups -OCH3 is 1. The summed E-state index contributed by atoms with van der Waals surface area (Å²) in [5, 5.41) is 3.50. The third-order valence-corrected chi connectivity index (χ3v) is 6.73. The summed E-state index contributed by atoms with van der Waals surface area (Å²) < 4.78 is 10.5. The van der Waals surface area contributed by atoms with E-state index in [9.17, 15) is 9.59 Å². The van der Waals surface area contributed by atoms with Gasteiger partial charge in [0.25, 0.3) is 5.91 Å². The van der Waals surface area contributed by atoms with E-state index in [4.69, 9.17) is 9.47 Å². The molecule has 0 aliphatic heterocycles. The molecule has 160 valence electrons. The number of amides is 1. The number of nitrogens with one attached hydrogen (secondary N) is 1. The van der Waals surface area contributed by atoms with Crippen LogP contribution in [0.25, 0.3) is 0 Å². The van der Waals surface area contributed by atoms with Crippen LogP contribution in [-0.4, -0.2) is 25.6 Å². The van der Waals surface area contributed by atoms with Crippen molar-refractivity contribution in [3.63, 3.8) is 0 Å². The lowest BCUT2D eigenvalue weighted by atomic mass is 9.83. The molecule has 0 bridgehead atoms. The second-order valence-corrected chi connectivity index (χ2v) is 8.57. The molecule has 0 saturated heterocycles. The van der Waals surface area contributed by atoms with Crippen molar-refractivity contribution < 1.29 is 19.1 Å². The molecular weight excluding hydrogens is 410 g/mol. The number of anilines is 1. The van der Waals surface area contributed by atoms with Gasteiger partial charge in [-0.1, -0.05) is 36.4 Å². The van der Waals surface area contributed by atoms with Crippen molar-refractivity contribution in [3.05, 3.63) is 81.7 Å². The van der Waals surface area contributed by atoms with E-state index in [0.29, 0.717) is 34.4 Å². The SMILES string of the molecule is CCOc1cccc(C(=O)Nc2sc3c(c2C(=O)OC)CCC(c2ccccc2)C3)c1. The molecule has 0 fully saturated rings. The molecule has 0 spiro atoms. The number of carbonyl (C=O) groups is 2. The smallest absolute Gasteiger partial charge is 0.341 e. The molecular formula is C25H25NO4S. The van der Waals surface area contributed by atoms with Crippen molar-refractivity contribution in [3.8, 4) is 5.75 Å².